The predicted octanol–water partition coefficient (Wildman–Crippen LogP) is 3.51. The van der Waals surface area contributed by atoms with E-state index >= 15 is 0 Å². The van der Waals surface area contributed by atoms with E-state index in [-0.39, 0.29) is 0 Å². The first-order chi connectivity index (χ1) is 9.34. The van der Waals surface area contributed by atoms with E-state index in [4.69, 9.17) is 0 Å². The molecule has 0 aliphatic carbocycles. The fourth-order valence-corrected chi connectivity index (χ4v) is 2.36. The van der Waals surface area contributed by atoms with Crippen LogP contribution in [0.4, 0.5) is 0 Å². The number of aromatic nitrogens is 1. The van der Waals surface area contributed by atoms with E-state index in [1.807, 2.05) is 36.4 Å². The molecule has 1 aromatic heterocycles. The molecule has 2 nitrogen and oxygen atoms in total. The van der Waals surface area contributed by atoms with E-state index in [2.05, 4.69) is 29.2 Å². The van der Waals surface area contributed by atoms with Crippen molar-refractivity contribution in [1.29, 1.82) is 0 Å². The molecule has 0 saturated heterocycles. The van der Waals surface area contributed by atoms with Gasteiger partial charge in [-0.15, -0.1) is 0 Å². The van der Waals surface area contributed by atoms with Gasteiger partial charge in [0.1, 0.15) is 0 Å². The van der Waals surface area contributed by atoms with Gasteiger partial charge in [0.15, 0.2) is 0 Å². The molecule has 94 valence electrons. The van der Waals surface area contributed by atoms with Crippen molar-refractivity contribution < 1.29 is 5.11 Å². The fourth-order valence-electron chi connectivity index (χ4n) is 2.36. The zero-order valence-corrected chi connectivity index (χ0v) is 10.5. The summed E-state index contributed by atoms with van der Waals surface area (Å²) in [7, 11) is 0. The molecule has 2 aromatic carbocycles. The van der Waals surface area contributed by atoms with Crippen molar-refractivity contribution in [3.63, 3.8) is 0 Å². The van der Waals surface area contributed by atoms with Gasteiger partial charge in [-0.3, -0.25) is 4.98 Å². The normalized spacial score (nSPS) is 12.5. The number of hydrogen-bond donors (Lipinski definition) is 1. The van der Waals surface area contributed by atoms with E-state index in [0.29, 0.717) is 6.42 Å². The zero-order valence-electron chi connectivity index (χ0n) is 10.5. The molecule has 3 rings (SSSR count). The summed E-state index contributed by atoms with van der Waals surface area (Å²) in [5, 5.41) is 12.7. The summed E-state index contributed by atoms with van der Waals surface area (Å²) < 4.78 is 0. The molecule has 0 radical (unpaired) electrons. The zero-order chi connectivity index (χ0) is 13.1. The summed E-state index contributed by atoms with van der Waals surface area (Å²) in [5.41, 5.74) is 1.87. The minimum Gasteiger partial charge on any atom is -0.386 e. The van der Waals surface area contributed by atoms with Crippen molar-refractivity contribution in [2.24, 2.45) is 0 Å². The van der Waals surface area contributed by atoms with Crippen LogP contribution in [0.1, 0.15) is 17.4 Å². The van der Waals surface area contributed by atoms with Crippen LogP contribution in [0.3, 0.4) is 0 Å². The molecule has 0 aliphatic rings. The Balaban J connectivity index is 1.94. The molecule has 0 spiro atoms. The highest BCUT2D eigenvalue weighted by atomic mass is 16.3. The monoisotopic (exact) mass is 249 g/mol. The molecule has 0 fully saturated rings. The van der Waals surface area contributed by atoms with E-state index < -0.39 is 6.10 Å². The van der Waals surface area contributed by atoms with Crippen molar-refractivity contribution in [2.75, 3.05) is 0 Å². The van der Waals surface area contributed by atoms with Gasteiger partial charge in [-0.05, 0) is 28.5 Å². The van der Waals surface area contributed by atoms with Crippen LogP contribution >= 0.6 is 0 Å². The molecule has 3 aromatic rings. The standard InChI is InChI=1S/C17H15NO/c19-17(16-10-3-4-11-18-16)12-14-8-5-7-13-6-1-2-9-15(13)14/h1-11,17,19H,12H2. The SMILES string of the molecule is OC(Cc1cccc2ccccc12)c1ccccn1. The molecule has 0 saturated carbocycles. The van der Waals surface area contributed by atoms with E-state index in [0.717, 1.165) is 11.3 Å². The maximum absolute atomic E-state index is 10.3. The Labute approximate surface area is 112 Å². The average Bonchev–Trinajstić information content (AvgIpc) is 2.48. The van der Waals surface area contributed by atoms with Crippen LogP contribution in [0.2, 0.25) is 0 Å². The van der Waals surface area contributed by atoms with Gasteiger partial charge in [0.25, 0.3) is 0 Å². The summed E-state index contributed by atoms with van der Waals surface area (Å²) in [5.74, 6) is 0. The largest absolute Gasteiger partial charge is 0.386 e. The predicted molar refractivity (Wildman–Crippen MR) is 76.8 cm³/mol. The molecular weight excluding hydrogens is 234 g/mol. The van der Waals surface area contributed by atoms with Crippen molar-refractivity contribution in [3.8, 4) is 0 Å². The van der Waals surface area contributed by atoms with Crippen LogP contribution in [-0.4, -0.2) is 10.1 Å². The maximum atomic E-state index is 10.3. The first kappa shape index (κ1) is 11.9. The van der Waals surface area contributed by atoms with Gasteiger partial charge in [-0.25, -0.2) is 0 Å². The van der Waals surface area contributed by atoms with E-state index in [9.17, 15) is 5.11 Å². The highest BCUT2D eigenvalue weighted by molar-refractivity contribution is 5.85. The average molecular weight is 249 g/mol. The van der Waals surface area contributed by atoms with E-state index in [1.165, 1.54) is 10.8 Å². The van der Waals surface area contributed by atoms with Crippen LogP contribution in [0.5, 0.6) is 0 Å². The molecule has 0 bridgehead atoms. The Morgan fingerprint density at radius 3 is 2.53 bits per heavy atom. The smallest absolute Gasteiger partial charge is 0.1000 e. The summed E-state index contributed by atoms with van der Waals surface area (Å²) in [6.45, 7) is 0. The number of rotatable bonds is 3. The molecule has 0 amide bonds. The lowest BCUT2D eigenvalue weighted by Crippen LogP contribution is -2.04. The van der Waals surface area contributed by atoms with Gasteiger partial charge in [0, 0.05) is 12.6 Å². The van der Waals surface area contributed by atoms with Crippen LogP contribution in [0, 0.1) is 0 Å². The fraction of sp³-hybridized carbons (Fsp3) is 0.118. The van der Waals surface area contributed by atoms with Crippen molar-refractivity contribution in [3.05, 3.63) is 78.1 Å². The molecular formula is C17H15NO. The quantitative estimate of drug-likeness (QED) is 0.770. The molecule has 1 atom stereocenters. The molecule has 19 heavy (non-hydrogen) atoms. The third-order valence-electron chi connectivity index (χ3n) is 3.32. The van der Waals surface area contributed by atoms with Gasteiger partial charge >= 0.3 is 0 Å². The summed E-state index contributed by atoms with van der Waals surface area (Å²) in [6.07, 6.45) is 1.73. The summed E-state index contributed by atoms with van der Waals surface area (Å²) in [4.78, 5) is 4.20. The number of nitrogens with zero attached hydrogens (tertiary/aromatic N) is 1. The highest BCUT2D eigenvalue weighted by Crippen LogP contribution is 2.23. The van der Waals surface area contributed by atoms with Gasteiger partial charge in [0.05, 0.1) is 11.8 Å². The first-order valence-electron chi connectivity index (χ1n) is 6.40. The summed E-state index contributed by atoms with van der Waals surface area (Å²) >= 11 is 0. The number of hydrogen-bond acceptors (Lipinski definition) is 2. The van der Waals surface area contributed by atoms with Crippen molar-refractivity contribution in [2.45, 2.75) is 12.5 Å². The summed E-state index contributed by atoms with van der Waals surface area (Å²) in [6, 6.07) is 20.0. The third-order valence-corrected chi connectivity index (χ3v) is 3.32. The number of benzene rings is 2. The number of fused-ring (bicyclic) bond motifs is 1. The van der Waals surface area contributed by atoms with Crippen LogP contribution in [0.15, 0.2) is 66.9 Å². The Bertz CT molecular complexity index is 674. The van der Waals surface area contributed by atoms with Gasteiger partial charge in [-0.1, -0.05) is 48.5 Å². The Morgan fingerprint density at radius 1 is 0.895 bits per heavy atom. The Morgan fingerprint density at radius 2 is 1.68 bits per heavy atom. The Kier molecular flexibility index (Phi) is 3.25. The lowest BCUT2D eigenvalue weighted by molar-refractivity contribution is 0.174. The topological polar surface area (TPSA) is 33.1 Å². The van der Waals surface area contributed by atoms with Gasteiger partial charge in [-0.2, -0.15) is 0 Å². The molecule has 1 heterocycles. The number of pyridine rings is 1. The lowest BCUT2D eigenvalue weighted by Gasteiger charge is -2.12. The second-order valence-electron chi connectivity index (χ2n) is 4.61. The van der Waals surface area contributed by atoms with Crippen molar-refractivity contribution >= 4 is 10.8 Å². The minimum atomic E-state index is -0.563. The number of aliphatic hydroxyl groups is 1. The first-order valence-corrected chi connectivity index (χ1v) is 6.40. The van der Waals surface area contributed by atoms with Crippen LogP contribution in [-0.2, 0) is 6.42 Å². The second-order valence-corrected chi connectivity index (χ2v) is 4.61. The van der Waals surface area contributed by atoms with Gasteiger partial charge in [0.2, 0.25) is 0 Å². The molecule has 2 heteroatoms. The molecule has 1 unspecified atom stereocenters. The lowest BCUT2D eigenvalue weighted by atomic mass is 9.98. The Hall–Kier alpha value is -2.19. The second kappa shape index (κ2) is 5.21. The molecule has 0 aliphatic heterocycles. The minimum absolute atomic E-state index is 0.563. The van der Waals surface area contributed by atoms with Gasteiger partial charge < -0.3 is 5.11 Å². The molecule has 1 N–H and O–H groups in total. The highest BCUT2D eigenvalue weighted by Gasteiger charge is 2.11. The van der Waals surface area contributed by atoms with E-state index in [1.54, 1.807) is 6.20 Å². The maximum Gasteiger partial charge on any atom is 0.1000 e. The van der Waals surface area contributed by atoms with Crippen molar-refractivity contribution in [1.82, 2.24) is 4.98 Å². The third kappa shape index (κ3) is 2.49. The number of aliphatic hydroxyl groups excluding tert-OH is 1. The van der Waals surface area contributed by atoms with Crippen LogP contribution < -0.4 is 0 Å². The van der Waals surface area contributed by atoms with Crippen LogP contribution in [0.25, 0.3) is 10.8 Å².